The summed E-state index contributed by atoms with van der Waals surface area (Å²) in [5, 5.41) is 15.5. The second kappa shape index (κ2) is 6.74. The normalized spacial score (nSPS) is 13.3. The maximum atomic E-state index is 10.9. The minimum atomic E-state index is -0.896. The zero-order valence-corrected chi connectivity index (χ0v) is 13.9. The maximum absolute atomic E-state index is 10.9. The first-order valence-electron chi connectivity index (χ1n) is 8.00. The van der Waals surface area contributed by atoms with Crippen LogP contribution in [0.5, 0.6) is 0 Å². The number of aromatic carboxylic acids is 1. The first kappa shape index (κ1) is 16.1. The van der Waals surface area contributed by atoms with Crippen LogP contribution >= 0.6 is 0 Å². The van der Waals surface area contributed by atoms with Crippen LogP contribution in [0.15, 0.2) is 41.4 Å². The zero-order valence-electron chi connectivity index (χ0n) is 13.9. The molecule has 1 heterocycles. The Morgan fingerprint density at radius 1 is 1.17 bits per heavy atom. The standard InChI is InChI=1S/C19H21N3O2/c1-12-9-15(11-14-3-5-16(6-4-14)18(23)24)10-13(2)17(12)22-19-20-7-8-21-19/h3-6,9-10H,7-8,11H2,1-2H3,(H,23,24)(H2,20,21,22). The van der Waals surface area contributed by atoms with E-state index in [0.717, 1.165) is 36.7 Å². The van der Waals surface area contributed by atoms with Crippen molar-refractivity contribution in [1.29, 1.82) is 0 Å². The molecule has 0 amide bonds. The lowest BCUT2D eigenvalue weighted by atomic mass is 9.98. The van der Waals surface area contributed by atoms with E-state index < -0.39 is 5.97 Å². The molecule has 1 aliphatic heterocycles. The first-order valence-corrected chi connectivity index (χ1v) is 8.00. The molecule has 0 saturated carbocycles. The molecule has 0 saturated heterocycles. The molecule has 0 aromatic heterocycles. The summed E-state index contributed by atoms with van der Waals surface area (Å²) < 4.78 is 0. The van der Waals surface area contributed by atoms with Crippen LogP contribution in [0, 0.1) is 13.8 Å². The smallest absolute Gasteiger partial charge is 0.335 e. The summed E-state index contributed by atoms with van der Waals surface area (Å²) in [7, 11) is 0. The third-order valence-corrected chi connectivity index (χ3v) is 4.12. The lowest BCUT2D eigenvalue weighted by Gasteiger charge is -2.15. The second-order valence-corrected chi connectivity index (χ2v) is 6.07. The van der Waals surface area contributed by atoms with E-state index in [9.17, 15) is 4.79 Å². The second-order valence-electron chi connectivity index (χ2n) is 6.07. The molecule has 0 radical (unpaired) electrons. The summed E-state index contributed by atoms with van der Waals surface area (Å²) in [6, 6.07) is 11.4. The Kier molecular flexibility index (Phi) is 4.51. The van der Waals surface area contributed by atoms with Crippen LogP contribution in [-0.2, 0) is 6.42 Å². The van der Waals surface area contributed by atoms with E-state index in [2.05, 4.69) is 41.6 Å². The fraction of sp³-hybridized carbons (Fsp3) is 0.263. The Hall–Kier alpha value is -2.82. The summed E-state index contributed by atoms with van der Waals surface area (Å²) in [5.41, 5.74) is 6.05. The topological polar surface area (TPSA) is 73.7 Å². The fourth-order valence-corrected chi connectivity index (χ4v) is 2.95. The quantitative estimate of drug-likeness (QED) is 0.809. The van der Waals surface area contributed by atoms with E-state index in [4.69, 9.17) is 5.11 Å². The number of hydrogen-bond donors (Lipinski definition) is 3. The Balaban J connectivity index is 1.78. The number of carboxylic acids is 1. The van der Waals surface area contributed by atoms with E-state index in [1.807, 2.05) is 12.1 Å². The number of aliphatic imine (C=N–C) groups is 1. The van der Waals surface area contributed by atoms with Crippen LogP contribution in [0.3, 0.4) is 0 Å². The van der Waals surface area contributed by atoms with Gasteiger partial charge < -0.3 is 15.7 Å². The molecule has 2 aromatic carbocycles. The molecule has 3 N–H and O–H groups in total. The minimum absolute atomic E-state index is 0.315. The molecule has 0 aliphatic carbocycles. The third-order valence-electron chi connectivity index (χ3n) is 4.12. The van der Waals surface area contributed by atoms with Gasteiger partial charge >= 0.3 is 5.97 Å². The van der Waals surface area contributed by atoms with Gasteiger partial charge in [0.2, 0.25) is 0 Å². The van der Waals surface area contributed by atoms with Crippen LogP contribution in [0.1, 0.15) is 32.6 Å². The third kappa shape index (κ3) is 3.56. The van der Waals surface area contributed by atoms with E-state index >= 15 is 0 Å². The predicted molar refractivity (Wildman–Crippen MR) is 96.1 cm³/mol. The van der Waals surface area contributed by atoms with Crippen molar-refractivity contribution >= 4 is 17.6 Å². The molecule has 124 valence electrons. The fourth-order valence-electron chi connectivity index (χ4n) is 2.95. The average molecular weight is 323 g/mol. The van der Waals surface area contributed by atoms with Gasteiger partial charge in [-0.15, -0.1) is 0 Å². The van der Waals surface area contributed by atoms with Crippen LogP contribution in [0.4, 0.5) is 5.69 Å². The van der Waals surface area contributed by atoms with Crippen molar-refractivity contribution in [3.8, 4) is 0 Å². The van der Waals surface area contributed by atoms with Crippen LogP contribution in [0.25, 0.3) is 0 Å². The molecule has 5 nitrogen and oxygen atoms in total. The van der Waals surface area contributed by atoms with Gasteiger partial charge in [0.15, 0.2) is 5.96 Å². The molecule has 3 rings (SSSR count). The molecular formula is C19H21N3O2. The predicted octanol–water partition coefficient (Wildman–Crippen LogP) is 2.96. The molecule has 5 heteroatoms. The lowest BCUT2D eigenvalue weighted by molar-refractivity contribution is 0.0697. The number of benzene rings is 2. The van der Waals surface area contributed by atoms with Gasteiger partial charge in [0, 0.05) is 12.2 Å². The molecule has 0 fully saturated rings. The number of nitrogens with one attached hydrogen (secondary N) is 2. The Bertz CT molecular complexity index is 772. The van der Waals surface area contributed by atoms with Gasteiger partial charge in [0.1, 0.15) is 0 Å². The van der Waals surface area contributed by atoms with Gasteiger partial charge in [-0.3, -0.25) is 4.99 Å². The van der Waals surface area contributed by atoms with Crippen molar-refractivity contribution in [1.82, 2.24) is 5.32 Å². The number of aryl methyl sites for hydroxylation is 2. The summed E-state index contributed by atoms with van der Waals surface area (Å²) in [5.74, 6) is -0.0645. The summed E-state index contributed by atoms with van der Waals surface area (Å²) in [6.07, 6.45) is 0.779. The monoisotopic (exact) mass is 323 g/mol. The summed E-state index contributed by atoms with van der Waals surface area (Å²) in [6.45, 7) is 5.86. The van der Waals surface area contributed by atoms with Crippen molar-refractivity contribution in [3.63, 3.8) is 0 Å². The number of hydrogen-bond acceptors (Lipinski definition) is 4. The minimum Gasteiger partial charge on any atom is -0.478 e. The van der Waals surface area contributed by atoms with Crippen LogP contribution in [0.2, 0.25) is 0 Å². The van der Waals surface area contributed by atoms with E-state index in [-0.39, 0.29) is 0 Å². The number of nitrogens with zero attached hydrogens (tertiary/aromatic N) is 1. The molecule has 0 bridgehead atoms. The SMILES string of the molecule is Cc1cc(Cc2ccc(C(=O)O)cc2)cc(C)c1NC1=NCCN1. The maximum Gasteiger partial charge on any atom is 0.335 e. The van der Waals surface area contributed by atoms with Gasteiger partial charge in [-0.2, -0.15) is 0 Å². The summed E-state index contributed by atoms with van der Waals surface area (Å²) in [4.78, 5) is 15.3. The van der Waals surface area contributed by atoms with Gasteiger partial charge in [-0.25, -0.2) is 4.79 Å². The molecule has 0 unspecified atom stereocenters. The first-order chi connectivity index (χ1) is 11.5. The molecular weight excluding hydrogens is 302 g/mol. The largest absolute Gasteiger partial charge is 0.478 e. The molecule has 24 heavy (non-hydrogen) atoms. The van der Waals surface area contributed by atoms with Crippen molar-refractivity contribution in [2.24, 2.45) is 4.99 Å². The highest BCUT2D eigenvalue weighted by atomic mass is 16.4. The highest BCUT2D eigenvalue weighted by Gasteiger charge is 2.11. The van der Waals surface area contributed by atoms with Gasteiger partial charge in [-0.1, -0.05) is 24.3 Å². The highest BCUT2D eigenvalue weighted by Crippen LogP contribution is 2.24. The van der Waals surface area contributed by atoms with Crippen molar-refractivity contribution < 1.29 is 9.90 Å². The zero-order chi connectivity index (χ0) is 17.1. The van der Waals surface area contributed by atoms with Crippen LogP contribution in [-0.4, -0.2) is 30.1 Å². The molecule has 0 spiro atoms. The van der Waals surface area contributed by atoms with E-state index in [1.165, 1.54) is 16.7 Å². The van der Waals surface area contributed by atoms with Crippen molar-refractivity contribution in [2.45, 2.75) is 20.3 Å². The molecule has 0 atom stereocenters. The Morgan fingerprint density at radius 3 is 2.38 bits per heavy atom. The van der Waals surface area contributed by atoms with E-state index in [0.29, 0.717) is 5.56 Å². The van der Waals surface area contributed by atoms with Gasteiger partial charge in [0.25, 0.3) is 0 Å². The average Bonchev–Trinajstić information content (AvgIpc) is 3.04. The van der Waals surface area contributed by atoms with Gasteiger partial charge in [-0.05, 0) is 54.7 Å². The van der Waals surface area contributed by atoms with Gasteiger partial charge in [0.05, 0.1) is 12.1 Å². The summed E-state index contributed by atoms with van der Waals surface area (Å²) >= 11 is 0. The number of anilines is 1. The van der Waals surface area contributed by atoms with E-state index in [1.54, 1.807) is 12.1 Å². The number of carbonyl (C=O) groups is 1. The van der Waals surface area contributed by atoms with Crippen molar-refractivity contribution in [3.05, 3.63) is 64.2 Å². The lowest BCUT2D eigenvalue weighted by Crippen LogP contribution is -2.27. The number of guanidine groups is 1. The molecule has 1 aliphatic rings. The van der Waals surface area contributed by atoms with Crippen LogP contribution < -0.4 is 10.6 Å². The Morgan fingerprint density at radius 2 is 1.83 bits per heavy atom. The highest BCUT2D eigenvalue weighted by molar-refractivity contribution is 5.96. The number of rotatable bonds is 4. The Labute approximate surface area is 141 Å². The van der Waals surface area contributed by atoms with Crippen molar-refractivity contribution in [2.75, 3.05) is 18.4 Å². The molecule has 2 aromatic rings. The number of carboxylic acid groups (broad SMARTS) is 1.